The molecular formula is C12H12Cl2O3. The van der Waals surface area contributed by atoms with Crippen molar-refractivity contribution < 1.29 is 14.3 Å². The van der Waals surface area contributed by atoms with Crippen LogP contribution >= 0.6 is 23.2 Å². The number of ether oxygens (including phenoxy) is 1. The minimum atomic E-state index is -0.794. The van der Waals surface area contributed by atoms with Crippen LogP contribution in [0.25, 0.3) is 0 Å². The zero-order valence-corrected chi connectivity index (χ0v) is 10.8. The summed E-state index contributed by atoms with van der Waals surface area (Å²) >= 11 is 12.1. The first-order valence-electron chi connectivity index (χ1n) is 4.97. The molecule has 0 saturated heterocycles. The molecule has 17 heavy (non-hydrogen) atoms. The third-order valence-electron chi connectivity index (χ3n) is 2.18. The van der Waals surface area contributed by atoms with Crippen LogP contribution in [-0.4, -0.2) is 23.7 Å². The standard InChI is InChI=1S/C12H12Cl2O3/c1-17-11(16)7-10(15)4-6-12(14)5-2-3-9(13)8-12/h2-6H,7-8H2,1H3. The van der Waals surface area contributed by atoms with Gasteiger partial charge in [0.2, 0.25) is 0 Å². The highest BCUT2D eigenvalue weighted by atomic mass is 35.5. The highest BCUT2D eigenvalue weighted by molar-refractivity contribution is 6.33. The molecule has 5 heteroatoms. The molecule has 0 radical (unpaired) electrons. The van der Waals surface area contributed by atoms with Gasteiger partial charge in [-0.3, -0.25) is 9.59 Å². The number of hydrogen-bond donors (Lipinski definition) is 0. The fraction of sp³-hybridized carbons (Fsp3) is 0.333. The Morgan fingerprint density at radius 3 is 2.88 bits per heavy atom. The van der Waals surface area contributed by atoms with Crippen LogP contribution in [0.2, 0.25) is 0 Å². The van der Waals surface area contributed by atoms with Crippen LogP contribution in [0.15, 0.2) is 35.4 Å². The maximum Gasteiger partial charge on any atom is 0.313 e. The number of hydrogen-bond acceptors (Lipinski definition) is 3. The molecule has 0 fully saturated rings. The van der Waals surface area contributed by atoms with E-state index in [0.717, 1.165) is 0 Å². The van der Waals surface area contributed by atoms with Crippen molar-refractivity contribution in [3.63, 3.8) is 0 Å². The van der Waals surface area contributed by atoms with Crippen molar-refractivity contribution in [1.82, 2.24) is 0 Å². The van der Waals surface area contributed by atoms with E-state index in [-0.39, 0.29) is 12.2 Å². The van der Waals surface area contributed by atoms with Gasteiger partial charge in [0.05, 0.1) is 12.0 Å². The highest BCUT2D eigenvalue weighted by Crippen LogP contribution is 2.32. The summed E-state index contributed by atoms with van der Waals surface area (Å²) in [6.45, 7) is 0. The molecule has 3 nitrogen and oxygen atoms in total. The monoisotopic (exact) mass is 274 g/mol. The Balaban J connectivity index is 2.59. The maximum absolute atomic E-state index is 11.4. The van der Waals surface area contributed by atoms with Gasteiger partial charge in [0.25, 0.3) is 0 Å². The van der Waals surface area contributed by atoms with Crippen LogP contribution < -0.4 is 0 Å². The molecule has 0 aliphatic heterocycles. The molecule has 1 atom stereocenters. The maximum atomic E-state index is 11.4. The van der Waals surface area contributed by atoms with Gasteiger partial charge in [-0.05, 0) is 12.2 Å². The summed E-state index contributed by atoms with van der Waals surface area (Å²) in [4.78, 5) is 21.4. The Hall–Kier alpha value is -1.06. The zero-order valence-electron chi connectivity index (χ0n) is 9.28. The van der Waals surface area contributed by atoms with Crippen molar-refractivity contribution in [2.75, 3.05) is 7.11 Å². The van der Waals surface area contributed by atoms with E-state index in [9.17, 15) is 9.59 Å². The average Bonchev–Trinajstić information content (AvgIpc) is 2.26. The first kappa shape index (κ1) is 14.0. The first-order chi connectivity index (χ1) is 7.95. The molecule has 1 unspecified atom stereocenters. The molecule has 1 rings (SSSR count). The minimum Gasteiger partial charge on any atom is -0.469 e. The molecule has 0 aromatic carbocycles. The molecule has 0 bridgehead atoms. The van der Waals surface area contributed by atoms with Gasteiger partial charge in [-0.15, -0.1) is 11.6 Å². The number of allylic oxidation sites excluding steroid dienone is 6. The molecule has 0 aromatic rings. The van der Waals surface area contributed by atoms with E-state index in [4.69, 9.17) is 23.2 Å². The fourth-order valence-electron chi connectivity index (χ4n) is 1.31. The number of carbonyl (C=O) groups excluding carboxylic acids is 2. The van der Waals surface area contributed by atoms with E-state index in [0.29, 0.717) is 11.5 Å². The summed E-state index contributed by atoms with van der Waals surface area (Å²) in [6, 6.07) is 0. The second kappa shape index (κ2) is 6.03. The van der Waals surface area contributed by atoms with Crippen molar-refractivity contribution in [3.05, 3.63) is 35.4 Å². The van der Waals surface area contributed by atoms with Crippen LogP contribution in [0.3, 0.4) is 0 Å². The predicted octanol–water partition coefficient (Wildman–Crippen LogP) is 2.74. The second-order valence-corrected chi connectivity index (χ2v) is 4.82. The first-order valence-corrected chi connectivity index (χ1v) is 5.72. The zero-order chi connectivity index (χ0) is 12.9. The summed E-state index contributed by atoms with van der Waals surface area (Å²) in [5.74, 6) is -0.920. The van der Waals surface area contributed by atoms with Crippen LogP contribution in [0.4, 0.5) is 0 Å². The quantitative estimate of drug-likeness (QED) is 0.343. The lowest BCUT2D eigenvalue weighted by Gasteiger charge is -2.21. The third-order valence-corrected chi connectivity index (χ3v) is 2.83. The molecular weight excluding hydrogens is 263 g/mol. The van der Waals surface area contributed by atoms with Crippen LogP contribution in [0, 0.1) is 0 Å². The normalized spacial score (nSPS) is 23.6. The Morgan fingerprint density at radius 1 is 1.59 bits per heavy atom. The van der Waals surface area contributed by atoms with Crippen molar-refractivity contribution in [2.24, 2.45) is 0 Å². The average molecular weight is 275 g/mol. The molecule has 0 heterocycles. The Bertz CT molecular complexity index is 410. The SMILES string of the molecule is COC(=O)CC(=O)C=CC1(Cl)C=CC=C(Cl)C1. The molecule has 0 spiro atoms. The number of alkyl halides is 1. The summed E-state index contributed by atoms with van der Waals surface area (Å²) in [6.07, 6.45) is 8.17. The van der Waals surface area contributed by atoms with Gasteiger partial charge in [-0.1, -0.05) is 29.8 Å². The second-order valence-electron chi connectivity index (χ2n) is 3.63. The summed E-state index contributed by atoms with van der Waals surface area (Å²) in [5, 5.41) is 0.618. The lowest BCUT2D eigenvalue weighted by atomic mass is 9.98. The van der Waals surface area contributed by atoms with Gasteiger partial charge in [0, 0.05) is 11.5 Å². The Morgan fingerprint density at radius 2 is 2.29 bits per heavy atom. The number of esters is 1. The van der Waals surface area contributed by atoms with Gasteiger partial charge in [-0.2, -0.15) is 0 Å². The molecule has 0 amide bonds. The summed E-state index contributed by atoms with van der Waals surface area (Å²) in [5.41, 5.74) is 0. The van der Waals surface area contributed by atoms with Gasteiger partial charge < -0.3 is 4.74 Å². The molecule has 0 aromatic heterocycles. The van der Waals surface area contributed by atoms with E-state index < -0.39 is 10.8 Å². The lowest BCUT2D eigenvalue weighted by molar-refractivity contribution is -0.142. The molecule has 1 aliphatic rings. The van der Waals surface area contributed by atoms with E-state index in [1.807, 2.05) is 0 Å². The topological polar surface area (TPSA) is 43.4 Å². The Kier molecular flexibility index (Phi) is 4.97. The number of rotatable bonds is 4. The van der Waals surface area contributed by atoms with Gasteiger partial charge >= 0.3 is 5.97 Å². The van der Waals surface area contributed by atoms with Crippen molar-refractivity contribution in [2.45, 2.75) is 17.7 Å². The number of methoxy groups -OCH3 is 1. The number of halogens is 2. The molecule has 92 valence electrons. The number of carbonyl (C=O) groups is 2. The smallest absolute Gasteiger partial charge is 0.313 e. The molecule has 0 saturated carbocycles. The van der Waals surface area contributed by atoms with E-state index in [2.05, 4.69) is 4.74 Å². The Labute approximate surface area is 110 Å². The van der Waals surface area contributed by atoms with Crippen molar-refractivity contribution >= 4 is 35.0 Å². The van der Waals surface area contributed by atoms with E-state index in [1.54, 1.807) is 18.2 Å². The van der Waals surface area contributed by atoms with Gasteiger partial charge in [0.15, 0.2) is 5.78 Å². The largest absolute Gasteiger partial charge is 0.469 e. The number of ketones is 1. The predicted molar refractivity (Wildman–Crippen MR) is 67.1 cm³/mol. The minimum absolute atomic E-state index is 0.284. The van der Waals surface area contributed by atoms with Crippen LogP contribution in [-0.2, 0) is 14.3 Å². The highest BCUT2D eigenvalue weighted by Gasteiger charge is 2.24. The lowest BCUT2D eigenvalue weighted by Crippen LogP contribution is -2.17. The fourth-order valence-corrected chi connectivity index (χ4v) is 1.95. The van der Waals surface area contributed by atoms with Crippen LogP contribution in [0.5, 0.6) is 0 Å². The van der Waals surface area contributed by atoms with Crippen molar-refractivity contribution in [3.8, 4) is 0 Å². The van der Waals surface area contributed by atoms with E-state index in [1.165, 1.54) is 19.3 Å². The summed E-state index contributed by atoms with van der Waals surface area (Å²) in [7, 11) is 1.23. The molecule has 1 aliphatic carbocycles. The van der Waals surface area contributed by atoms with Gasteiger partial charge in [0.1, 0.15) is 6.42 Å². The third kappa shape index (κ3) is 4.75. The summed E-state index contributed by atoms with van der Waals surface area (Å²) < 4.78 is 4.38. The molecule has 0 N–H and O–H groups in total. The van der Waals surface area contributed by atoms with Crippen molar-refractivity contribution in [1.29, 1.82) is 0 Å². The van der Waals surface area contributed by atoms with E-state index >= 15 is 0 Å². The van der Waals surface area contributed by atoms with Crippen LogP contribution in [0.1, 0.15) is 12.8 Å². The van der Waals surface area contributed by atoms with Gasteiger partial charge in [-0.25, -0.2) is 0 Å².